The molecule has 0 unspecified atom stereocenters. The van der Waals surface area contributed by atoms with Crippen molar-refractivity contribution in [3.05, 3.63) is 53.9 Å². The average molecular weight is 442 g/mol. The fraction of sp³-hybridized carbons (Fsp3) is 0.333. The number of carboxylic acid groups (broad SMARTS) is 1. The normalized spacial score (nSPS) is 24.2. The Hall–Kier alpha value is -3.27. The zero-order valence-electron chi connectivity index (χ0n) is 16.9. The number of aliphatic carboxylic acids is 1. The molecule has 0 aliphatic heterocycles. The van der Waals surface area contributed by atoms with E-state index in [0.717, 1.165) is 0 Å². The van der Waals surface area contributed by atoms with Crippen LogP contribution in [0.5, 0.6) is 0 Å². The fourth-order valence-corrected chi connectivity index (χ4v) is 5.35. The molecule has 1 fully saturated rings. The van der Waals surface area contributed by atoms with Crippen molar-refractivity contribution in [3.8, 4) is 0 Å². The summed E-state index contributed by atoms with van der Waals surface area (Å²) in [6, 6.07) is 7.38. The van der Waals surface area contributed by atoms with Gasteiger partial charge in [0, 0.05) is 17.1 Å². The number of amides is 1. The number of aromatic nitrogens is 2. The molecule has 4 atom stereocenters. The van der Waals surface area contributed by atoms with Crippen LogP contribution < -0.4 is 10.0 Å². The van der Waals surface area contributed by atoms with Crippen LogP contribution in [0.3, 0.4) is 0 Å². The van der Waals surface area contributed by atoms with Gasteiger partial charge in [-0.25, -0.2) is 23.1 Å². The summed E-state index contributed by atoms with van der Waals surface area (Å²) in [6.07, 6.45) is 4.45. The zero-order chi connectivity index (χ0) is 22.3. The number of rotatable bonds is 6. The highest BCUT2D eigenvalue weighted by Gasteiger charge is 2.51. The van der Waals surface area contributed by atoms with Crippen LogP contribution in [-0.2, 0) is 19.6 Å². The molecule has 0 spiro atoms. The maximum Gasteiger partial charge on any atom is 0.307 e. The van der Waals surface area contributed by atoms with Crippen LogP contribution in [0.15, 0.2) is 47.4 Å². The highest BCUT2D eigenvalue weighted by Crippen LogP contribution is 2.48. The molecular formula is C21H22N4O5S. The lowest BCUT2D eigenvalue weighted by Gasteiger charge is -2.23. The van der Waals surface area contributed by atoms with E-state index in [0.29, 0.717) is 23.5 Å². The molecule has 1 aromatic heterocycles. The molecule has 162 valence electrons. The molecule has 1 heterocycles. The third-order valence-corrected chi connectivity index (χ3v) is 7.03. The monoisotopic (exact) mass is 442 g/mol. The van der Waals surface area contributed by atoms with E-state index in [1.165, 1.54) is 24.3 Å². The number of anilines is 2. The largest absolute Gasteiger partial charge is 0.481 e. The number of nitrogens with one attached hydrogen (secondary N) is 2. The van der Waals surface area contributed by atoms with Crippen molar-refractivity contribution < 1.29 is 23.1 Å². The molecule has 1 amide bonds. The van der Waals surface area contributed by atoms with Crippen molar-refractivity contribution in [3.63, 3.8) is 0 Å². The molecule has 2 aromatic rings. The minimum Gasteiger partial charge on any atom is -0.481 e. The van der Waals surface area contributed by atoms with Crippen molar-refractivity contribution >= 4 is 33.5 Å². The van der Waals surface area contributed by atoms with E-state index < -0.39 is 27.8 Å². The van der Waals surface area contributed by atoms with Gasteiger partial charge < -0.3 is 10.4 Å². The summed E-state index contributed by atoms with van der Waals surface area (Å²) in [5.41, 5.74) is 1.67. The molecule has 10 heteroatoms. The minimum absolute atomic E-state index is 0.0143. The number of allylic oxidation sites excluding steroid dienone is 2. The van der Waals surface area contributed by atoms with Crippen molar-refractivity contribution in [1.29, 1.82) is 0 Å². The number of carboxylic acids is 1. The quantitative estimate of drug-likeness (QED) is 0.584. The lowest BCUT2D eigenvalue weighted by atomic mass is 9.82. The minimum atomic E-state index is -3.91. The molecule has 4 rings (SSSR count). The fourth-order valence-electron chi connectivity index (χ4n) is 4.41. The molecule has 1 saturated carbocycles. The Morgan fingerprint density at radius 2 is 1.58 bits per heavy atom. The van der Waals surface area contributed by atoms with Gasteiger partial charge in [0.1, 0.15) is 0 Å². The Labute approximate surface area is 179 Å². The second-order valence-corrected chi connectivity index (χ2v) is 9.61. The number of benzene rings is 1. The summed E-state index contributed by atoms with van der Waals surface area (Å²) >= 11 is 0. The summed E-state index contributed by atoms with van der Waals surface area (Å²) in [5.74, 6) is -2.95. The third kappa shape index (κ3) is 4.15. The van der Waals surface area contributed by atoms with Gasteiger partial charge in [-0.1, -0.05) is 12.2 Å². The maximum atomic E-state index is 12.8. The van der Waals surface area contributed by atoms with E-state index in [-0.39, 0.29) is 28.6 Å². The SMILES string of the molecule is Cc1cc(C)nc(NS(=O)(=O)c2ccc(NC(=O)[C@H]3[C@H](C(=O)O)[C@@H]4C=C[C@H]3C4)cc2)n1. The standard InChI is InChI=1S/C21H22N4O5S/c1-11-9-12(2)23-21(22-11)25-31(29,30)16-7-5-15(6-8-16)24-19(26)17-13-3-4-14(10-13)18(17)20(27)28/h3-9,13-14,17-18H,10H2,1-2H3,(H,24,26)(H,27,28)(H,22,23,25)/t13-,14+,17+,18+/m0/s1. The molecular weight excluding hydrogens is 420 g/mol. The van der Waals surface area contributed by atoms with Gasteiger partial charge >= 0.3 is 5.97 Å². The van der Waals surface area contributed by atoms with Crippen LogP contribution in [0.2, 0.25) is 0 Å². The predicted molar refractivity (Wildman–Crippen MR) is 113 cm³/mol. The Balaban J connectivity index is 1.47. The van der Waals surface area contributed by atoms with E-state index in [1.54, 1.807) is 19.9 Å². The van der Waals surface area contributed by atoms with Crippen LogP contribution in [0, 0.1) is 37.5 Å². The summed E-state index contributed by atoms with van der Waals surface area (Å²) in [4.78, 5) is 32.5. The summed E-state index contributed by atoms with van der Waals surface area (Å²) in [5, 5.41) is 12.2. The number of aryl methyl sites for hydroxylation is 2. The Bertz CT molecular complexity index is 1160. The summed E-state index contributed by atoms with van der Waals surface area (Å²) < 4.78 is 27.6. The topological polar surface area (TPSA) is 138 Å². The van der Waals surface area contributed by atoms with Gasteiger partial charge in [-0.3, -0.25) is 9.59 Å². The van der Waals surface area contributed by atoms with Gasteiger partial charge in [0.05, 0.1) is 16.7 Å². The van der Waals surface area contributed by atoms with Crippen LogP contribution in [0.25, 0.3) is 0 Å². The Morgan fingerprint density at radius 3 is 2.16 bits per heavy atom. The van der Waals surface area contributed by atoms with Gasteiger partial charge in [0.25, 0.3) is 10.0 Å². The van der Waals surface area contributed by atoms with E-state index in [1.807, 2.05) is 12.2 Å². The highest BCUT2D eigenvalue weighted by molar-refractivity contribution is 7.92. The van der Waals surface area contributed by atoms with Crippen molar-refractivity contribution in [2.24, 2.45) is 23.7 Å². The van der Waals surface area contributed by atoms with Crippen molar-refractivity contribution in [2.75, 3.05) is 10.0 Å². The molecule has 31 heavy (non-hydrogen) atoms. The van der Waals surface area contributed by atoms with E-state index in [9.17, 15) is 23.1 Å². The Kier molecular flexibility index (Phi) is 5.26. The first-order valence-corrected chi connectivity index (χ1v) is 11.3. The molecule has 3 N–H and O–H groups in total. The number of carbonyl (C=O) groups is 2. The smallest absolute Gasteiger partial charge is 0.307 e. The second-order valence-electron chi connectivity index (χ2n) is 7.93. The number of nitrogens with zero attached hydrogens (tertiary/aromatic N) is 2. The number of hydrogen-bond acceptors (Lipinski definition) is 6. The molecule has 0 saturated heterocycles. The maximum absolute atomic E-state index is 12.8. The van der Waals surface area contributed by atoms with E-state index >= 15 is 0 Å². The first kappa shape index (κ1) is 21.0. The summed E-state index contributed by atoms with van der Waals surface area (Å²) in [6.45, 7) is 3.48. The van der Waals surface area contributed by atoms with Crippen LogP contribution >= 0.6 is 0 Å². The zero-order valence-corrected chi connectivity index (χ0v) is 17.8. The molecule has 2 bridgehead atoms. The van der Waals surface area contributed by atoms with Gasteiger partial charge in [-0.05, 0) is 62.4 Å². The lowest BCUT2D eigenvalue weighted by molar-refractivity contribution is -0.146. The second kappa shape index (κ2) is 7.77. The molecule has 9 nitrogen and oxygen atoms in total. The number of carbonyl (C=O) groups excluding carboxylic acids is 1. The Morgan fingerprint density at radius 1 is 1.00 bits per heavy atom. The van der Waals surface area contributed by atoms with E-state index in [2.05, 4.69) is 20.0 Å². The van der Waals surface area contributed by atoms with Gasteiger partial charge in [0.15, 0.2) is 0 Å². The van der Waals surface area contributed by atoms with Crippen molar-refractivity contribution in [2.45, 2.75) is 25.2 Å². The third-order valence-electron chi connectivity index (χ3n) is 5.69. The number of fused-ring (bicyclic) bond motifs is 2. The van der Waals surface area contributed by atoms with Gasteiger partial charge in [0.2, 0.25) is 11.9 Å². The first-order valence-electron chi connectivity index (χ1n) is 9.81. The number of sulfonamides is 1. The highest BCUT2D eigenvalue weighted by atomic mass is 32.2. The molecule has 2 aliphatic carbocycles. The average Bonchev–Trinajstić information content (AvgIpc) is 3.28. The lowest BCUT2D eigenvalue weighted by Crippen LogP contribution is -2.36. The van der Waals surface area contributed by atoms with E-state index in [4.69, 9.17) is 0 Å². The molecule has 1 aromatic carbocycles. The molecule has 0 radical (unpaired) electrons. The van der Waals surface area contributed by atoms with Crippen LogP contribution in [0.1, 0.15) is 17.8 Å². The van der Waals surface area contributed by atoms with Crippen molar-refractivity contribution in [1.82, 2.24) is 9.97 Å². The first-order chi connectivity index (χ1) is 14.6. The van der Waals surface area contributed by atoms with Gasteiger partial charge in [-0.15, -0.1) is 0 Å². The van der Waals surface area contributed by atoms with Crippen LogP contribution in [-0.4, -0.2) is 35.4 Å². The summed E-state index contributed by atoms with van der Waals surface area (Å²) in [7, 11) is -3.91. The molecule has 2 aliphatic rings. The van der Waals surface area contributed by atoms with Gasteiger partial charge in [-0.2, -0.15) is 0 Å². The number of hydrogen-bond donors (Lipinski definition) is 3. The van der Waals surface area contributed by atoms with Crippen LogP contribution in [0.4, 0.5) is 11.6 Å². The predicted octanol–water partition coefficient (Wildman–Crippen LogP) is 2.36.